The van der Waals surface area contributed by atoms with Crippen molar-refractivity contribution >= 4 is 5.78 Å². The zero-order valence-electron chi connectivity index (χ0n) is 8.05. The Balaban J connectivity index is 3.31. The maximum atomic E-state index is 10.5. The molecular weight excluding hydrogens is 148 g/mol. The van der Waals surface area contributed by atoms with Crippen LogP contribution in [0, 0.1) is 0 Å². The maximum absolute atomic E-state index is 10.5. The summed E-state index contributed by atoms with van der Waals surface area (Å²) in [5.74, 6) is 0.105. The molecule has 0 unspecified atom stereocenters. The molecular formula is C11H18O. The molecule has 0 spiro atoms. The lowest BCUT2D eigenvalue weighted by Crippen LogP contribution is -1.77. The van der Waals surface area contributed by atoms with Gasteiger partial charge < -0.3 is 0 Å². The first-order chi connectivity index (χ1) is 5.77. The highest BCUT2D eigenvalue weighted by molar-refractivity contribution is 5.87. The standard InChI is InChI=1S/C11H18O/c1-3-4-5-6-7-8-9-10-11(2)12/h7-10H,3-6H2,1-2H3/b8-7+,10-9-. The van der Waals surface area contributed by atoms with Gasteiger partial charge in [0.25, 0.3) is 0 Å². The van der Waals surface area contributed by atoms with E-state index in [-0.39, 0.29) is 5.78 Å². The highest BCUT2D eigenvalue weighted by atomic mass is 16.1. The number of hydrogen-bond acceptors (Lipinski definition) is 1. The smallest absolute Gasteiger partial charge is 0.152 e. The molecule has 1 heteroatoms. The van der Waals surface area contributed by atoms with Crippen molar-refractivity contribution in [3.63, 3.8) is 0 Å². The Morgan fingerprint density at radius 3 is 2.58 bits per heavy atom. The third-order valence-corrected chi connectivity index (χ3v) is 1.55. The Labute approximate surface area is 75.2 Å². The topological polar surface area (TPSA) is 17.1 Å². The van der Waals surface area contributed by atoms with E-state index in [2.05, 4.69) is 13.0 Å². The summed E-state index contributed by atoms with van der Waals surface area (Å²) < 4.78 is 0. The second-order valence-corrected chi connectivity index (χ2v) is 2.89. The average Bonchev–Trinajstić information content (AvgIpc) is 2.02. The number of carbonyl (C=O) groups is 1. The molecule has 0 aromatic heterocycles. The van der Waals surface area contributed by atoms with E-state index in [0.29, 0.717) is 0 Å². The zero-order chi connectivity index (χ0) is 9.23. The summed E-state index contributed by atoms with van der Waals surface area (Å²) in [4.78, 5) is 10.5. The van der Waals surface area contributed by atoms with Crippen molar-refractivity contribution in [2.75, 3.05) is 0 Å². The van der Waals surface area contributed by atoms with Crippen molar-refractivity contribution in [2.24, 2.45) is 0 Å². The molecule has 0 saturated heterocycles. The summed E-state index contributed by atoms with van der Waals surface area (Å²) in [5, 5.41) is 0. The van der Waals surface area contributed by atoms with Gasteiger partial charge in [-0.15, -0.1) is 0 Å². The lowest BCUT2D eigenvalue weighted by molar-refractivity contribution is -0.112. The minimum atomic E-state index is 0.105. The Hall–Kier alpha value is -0.850. The first-order valence-electron chi connectivity index (χ1n) is 4.61. The monoisotopic (exact) mass is 166 g/mol. The van der Waals surface area contributed by atoms with Gasteiger partial charge >= 0.3 is 0 Å². The van der Waals surface area contributed by atoms with Crippen LogP contribution in [0.15, 0.2) is 24.3 Å². The van der Waals surface area contributed by atoms with Crippen LogP contribution in [0.25, 0.3) is 0 Å². The molecule has 0 fully saturated rings. The van der Waals surface area contributed by atoms with Crippen molar-refractivity contribution in [1.82, 2.24) is 0 Å². The highest BCUT2D eigenvalue weighted by Gasteiger charge is 1.80. The van der Waals surface area contributed by atoms with Gasteiger partial charge in [-0.1, -0.05) is 38.0 Å². The predicted molar refractivity (Wildman–Crippen MR) is 53.1 cm³/mol. The third-order valence-electron chi connectivity index (χ3n) is 1.55. The van der Waals surface area contributed by atoms with Crippen molar-refractivity contribution in [2.45, 2.75) is 39.5 Å². The molecule has 0 aliphatic carbocycles. The van der Waals surface area contributed by atoms with Crippen LogP contribution in [-0.2, 0) is 4.79 Å². The summed E-state index contributed by atoms with van der Waals surface area (Å²) in [7, 11) is 0. The summed E-state index contributed by atoms with van der Waals surface area (Å²) >= 11 is 0. The molecule has 1 nitrogen and oxygen atoms in total. The molecule has 0 bridgehead atoms. The number of unbranched alkanes of at least 4 members (excludes halogenated alkanes) is 3. The van der Waals surface area contributed by atoms with Crippen LogP contribution in [0.3, 0.4) is 0 Å². The van der Waals surface area contributed by atoms with Crippen LogP contribution in [0.1, 0.15) is 39.5 Å². The fourth-order valence-corrected chi connectivity index (χ4v) is 0.878. The summed E-state index contributed by atoms with van der Waals surface area (Å²) in [6, 6.07) is 0. The van der Waals surface area contributed by atoms with E-state index in [1.165, 1.54) is 19.3 Å². The molecule has 0 aliphatic heterocycles. The van der Waals surface area contributed by atoms with Gasteiger partial charge in [-0.05, 0) is 25.8 Å². The van der Waals surface area contributed by atoms with Crippen LogP contribution < -0.4 is 0 Å². The Kier molecular flexibility index (Phi) is 7.66. The maximum Gasteiger partial charge on any atom is 0.152 e. The van der Waals surface area contributed by atoms with Crippen molar-refractivity contribution in [3.05, 3.63) is 24.3 Å². The van der Waals surface area contributed by atoms with Crippen molar-refractivity contribution in [3.8, 4) is 0 Å². The molecule has 0 amide bonds. The molecule has 12 heavy (non-hydrogen) atoms. The molecule has 0 aromatic rings. The largest absolute Gasteiger partial charge is 0.295 e. The molecule has 68 valence electrons. The normalized spacial score (nSPS) is 11.5. The number of ketones is 1. The molecule has 0 atom stereocenters. The SMILES string of the molecule is CCCCC/C=C/C=C\C(C)=O. The molecule has 0 heterocycles. The minimum Gasteiger partial charge on any atom is -0.295 e. The summed E-state index contributed by atoms with van der Waals surface area (Å²) in [5.41, 5.74) is 0. The van der Waals surface area contributed by atoms with Gasteiger partial charge in [0.15, 0.2) is 5.78 Å². The van der Waals surface area contributed by atoms with E-state index in [0.717, 1.165) is 6.42 Å². The first-order valence-corrected chi connectivity index (χ1v) is 4.61. The van der Waals surface area contributed by atoms with Crippen LogP contribution >= 0.6 is 0 Å². The van der Waals surface area contributed by atoms with E-state index in [1.54, 1.807) is 19.1 Å². The van der Waals surface area contributed by atoms with Gasteiger partial charge in [-0.3, -0.25) is 4.79 Å². The Morgan fingerprint density at radius 1 is 1.25 bits per heavy atom. The second kappa shape index (κ2) is 8.25. The molecule has 0 saturated carbocycles. The number of hydrogen-bond donors (Lipinski definition) is 0. The van der Waals surface area contributed by atoms with Crippen LogP contribution in [0.4, 0.5) is 0 Å². The zero-order valence-corrected chi connectivity index (χ0v) is 8.05. The first kappa shape index (κ1) is 11.2. The number of allylic oxidation sites excluding steroid dienone is 4. The molecule has 0 N–H and O–H groups in total. The number of carbonyl (C=O) groups excluding carboxylic acids is 1. The van der Waals surface area contributed by atoms with E-state index in [4.69, 9.17) is 0 Å². The summed E-state index contributed by atoms with van der Waals surface area (Å²) in [6.07, 6.45) is 12.4. The molecule has 0 rings (SSSR count). The summed E-state index contributed by atoms with van der Waals surface area (Å²) in [6.45, 7) is 3.75. The average molecular weight is 166 g/mol. The Morgan fingerprint density at radius 2 is 2.00 bits per heavy atom. The van der Waals surface area contributed by atoms with Gasteiger partial charge in [-0.25, -0.2) is 0 Å². The second-order valence-electron chi connectivity index (χ2n) is 2.89. The third kappa shape index (κ3) is 9.15. The van der Waals surface area contributed by atoms with E-state index < -0.39 is 0 Å². The highest BCUT2D eigenvalue weighted by Crippen LogP contribution is 1.99. The van der Waals surface area contributed by atoms with Gasteiger partial charge in [-0.2, -0.15) is 0 Å². The van der Waals surface area contributed by atoms with E-state index in [1.807, 2.05) is 6.08 Å². The van der Waals surface area contributed by atoms with Crippen LogP contribution in [0.2, 0.25) is 0 Å². The van der Waals surface area contributed by atoms with Crippen molar-refractivity contribution < 1.29 is 4.79 Å². The minimum absolute atomic E-state index is 0.105. The number of rotatable bonds is 6. The lowest BCUT2D eigenvalue weighted by atomic mass is 10.2. The fraction of sp³-hybridized carbons (Fsp3) is 0.545. The predicted octanol–water partition coefficient (Wildman–Crippen LogP) is 3.27. The van der Waals surface area contributed by atoms with Gasteiger partial charge in [0.2, 0.25) is 0 Å². The van der Waals surface area contributed by atoms with E-state index >= 15 is 0 Å². The van der Waals surface area contributed by atoms with E-state index in [9.17, 15) is 4.79 Å². The Bertz CT molecular complexity index is 166. The fourth-order valence-electron chi connectivity index (χ4n) is 0.878. The van der Waals surface area contributed by atoms with Gasteiger partial charge in [0.05, 0.1) is 0 Å². The molecule has 0 radical (unpaired) electrons. The van der Waals surface area contributed by atoms with Crippen LogP contribution in [0.5, 0.6) is 0 Å². The van der Waals surface area contributed by atoms with Gasteiger partial charge in [0.1, 0.15) is 0 Å². The lowest BCUT2D eigenvalue weighted by Gasteiger charge is -1.89. The molecule has 0 aliphatic rings. The quantitative estimate of drug-likeness (QED) is 0.336. The molecule has 0 aromatic carbocycles. The van der Waals surface area contributed by atoms with Gasteiger partial charge in [0, 0.05) is 0 Å². The van der Waals surface area contributed by atoms with Crippen molar-refractivity contribution in [1.29, 1.82) is 0 Å². The van der Waals surface area contributed by atoms with Crippen LogP contribution in [-0.4, -0.2) is 5.78 Å².